The predicted octanol–water partition coefficient (Wildman–Crippen LogP) is 1.52. The van der Waals surface area contributed by atoms with E-state index < -0.39 is 0 Å². The summed E-state index contributed by atoms with van der Waals surface area (Å²) in [5.74, 6) is -0.0521. The van der Waals surface area contributed by atoms with Crippen LogP contribution in [0.5, 0.6) is 0 Å². The SMILES string of the molecule is Cc1ccc(C)c(N2CCNC(=O)C2CC#N)c1. The van der Waals surface area contributed by atoms with Gasteiger partial charge >= 0.3 is 0 Å². The quantitative estimate of drug-likeness (QED) is 0.856. The van der Waals surface area contributed by atoms with Gasteiger partial charge in [-0.15, -0.1) is 0 Å². The van der Waals surface area contributed by atoms with Crippen LogP contribution >= 0.6 is 0 Å². The van der Waals surface area contributed by atoms with E-state index in [1.807, 2.05) is 18.7 Å². The molecule has 0 aliphatic carbocycles. The molecule has 0 saturated carbocycles. The van der Waals surface area contributed by atoms with Crippen molar-refractivity contribution in [3.63, 3.8) is 0 Å². The molecule has 18 heavy (non-hydrogen) atoms. The van der Waals surface area contributed by atoms with Crippen molar-refractivity contribution in [3.05, 3.63) is 29.3 Å². The maximum atomic E-state index is 11.9. The molecule has 1 heterocycles. The molecule has 2 rings (SSSR count). The molecule has 1 unspecified atom stereocenters. The van der Waals surface area contributed by atoms with Gasteiger partial charge in [-0.2, -0.15) is 5.26 Å². The highest BCUT2D eigenvalue weighted by atomic mass is 16.2. The number of rotatable bonds is 2. The summed E-state index contributed by atoms with van der Waals surface area (Å²) in [5.41, 5.74) is 3.36. The lowest BCUT2D eigenvalue weighted by Gasteiger charge is -2.36. The minimum absolute atomic E-state index is 0.0521. The fourth-order valence-electron chi connectivity index (χ4n) is 2.32. The lowest BCUT2D eigenvalue weighted by molar-refractivity contribution is -0.123. The van der Waals surface area contributed by atoms with Crippen LogP contribution in [0.25, 0.3) is 0 Å². The van der Waals surface area contributed by atoms with Gasteiger partial charge in [-0.3, -0.25) is 4.79 Å². The van der Waals surface area contributed by atoms with Gasteiger partial charge in [0.15, 0.2) is 0 Å². The standard InChI is InChI=1S/C14H17N3O/c1-10-3-4-11(2)13(9-10)17-8-7-16-14(18)12(17)5-6-15/h3-4,9,12H,5,7-8H2,1-2H3,(H,16,18). The van der Waals surface area contributed by atoms with Crippen LogP contribution in [-0.2, 0) is 4.79 Å². The molecule has 1 fully saturated rings. The van der Waals surface area contributed by atoms with Crippen LogP contribution in [0, 0.1) is 25.2 Å². The van der Waals surface area contributed by atoms with E-state index in [1.54, 1.807) is 0 Å². The van der Waals surface area contributed by atoms with Crippen LogP contribution in [-0.4, -0.2) is 25.0 Å². The molecule has 1 N–H and O–H groups in total. The number of carbonyl (C=O) groups excluding carboxylic acids is 1. The number of hydrogen-bond donors (Lipinski definition) is 1. The van der Waals surface area contributed by atoms with E-state index in [0.717, 1.165) is 23.4 Å². The minimum atomic E-state index is -0.371. The molecule has 1 amide bonds. The second-order valence-electron chi connectivity index (χ2n) is 4.65. The van der Waals surface area contributed by atoms with Crippen LogP contribution < -0.4 is 10.2 Å². The molecule has 1 aromatic carbocycles. The lowest BCUT2D eigenvalue weighted by Crippen LogP contribution is -2.55. The Balaban J connectivity index is 2.37. The second kappa shape index (κ2) is 5.09. The van der Waals surface area contributed by atoms with Gasteiger partial charge < -0.3 is 10.2 Å². The van der Waals surface area contributed by atoms with E-state index in [4.69, 9.17) is 5.26 Å². The van der Waals surface area contributed by atoms with Gasteiger partial charge in [0, 0.05) is 18.8 Å². The van der Waals surface area contributed by atoms with Crippen LogP contribution in [0.15, 0.2) is 18.2 Å². The molecule has 4 heteroatoms. The van der Waals surface area contributed by atoms with E-state index >= 15 is 0 Å². The fraction of sp³-hybridized carbons (Fsp3) is 0.429. The van der Waals surface area contributed by atoms with Crippen molar-refractivity contribution >= 4 is 11.6 Å². The molecule has 1 aromatic rings. The third-order valence-corrected chi connectivity index (χ3v) is 3.29. The number of carbonyl (C=O) groups is 1. The number of anilines is 1. The van der Waals surface area contributed by atoms with Crippen LogP contribution in [0.1, 0.15) is 17.5 Å². The zero-order valence-electron chi connectivity index (χ0n) is 10.7. The Morgan fingerprint density at radius 3 is 3.00 bits per heavy atom. The van der Waals surface area contributed by atoms with Crippen molar-refractivity contribution < 1.29 is 4.79 Å². The van der Waals surface area contributed by atoms with Crippen LogP contribution in [0.4, 0.5) is 5.69 Å². The number of aryl methyl sites for hydroxylation is 2. The number of nitrogens with one attached hydrogen (secondary N) is 1. The molecular formula is C14H17N3O. The fourth-order valence-corrected chi connectivity index (χ4v) is 2.32. The second-order valence-corrected chi connectivity index (χ2v) is 4.65. The number of amides is 1. The maximum Gasteiger partial charge on any atom is 0.243 e. The third-order valence-electron chi connectivity index (χ3n) is 3.29. The van der Waals surface area contributed by atoms with E-state index in [9.17, 15) is 4.79 Å². The van der Waals surface area contributed by atoms with Gasteiger partial charge in [-0.25, -0.2) is 0 Å². The first-order valence-corrected chi connectivity index (χ1v) is 6.12. The Bertz CT molecular complexity index is 504. The highest BCUT2D eigenvalue weighted by Gasteiger charge is 2.30. The number of hydrogen-bond acceptors (Lipinski definition) is 3. The molecule has 1 atom stereocenters. The Kier molecular flexibility index (Phi) is 3.52. The van der Waals surface area contributed by atoms with Gasteiger partial charge in [-0.05, 0) is 31.0 Å². The van der Waals surface area contributed by atoms with E-state index in [1.165, 1.54) is 0 Å². The first kappa shape index (κ1) is 12.4. The molecule has 0 aromatic heterocycles. The van der Waals surface area contributed by atoms with Crippen molar-refractivity contribution in [3.8, 4) is 6.07 Å². The molecule has 1 aliphatic heterocycles. The van der Waals surface area contributed by atoms with Crippen LogP contribution in [0.2, 0.25) is 0 Å². The van der Waals surface area contributed by atoms with E-state index in [-0.39, 0.29) is 18.4 Å². The molecule has 1 saturated heterocycles. The Labute approximate surface area is 107 Å². The summed E-state index contributed by atoms with van der Waals surface area (Å²) < 4.78 is 0. The number of nitrogens with zero attached hydrogens (tertiary/aromatic N) is 2. The average molecular weight is 243 g/mol. The maximum absolute atomic E-state index is 11.9. The summed E-state index contributed by atoms with van der Waals surface area (Å²) in [6, 6.07) is 7.92. The van der Waals surface area contributed by atoms with E-state index in [2.05, 4.69) is 29.6 Å². The Morgan fingerprint density at radius 2 is 2.28 bits per heavy atom. The third kappa shape index (κ3) is 2.30. The molecule has 4 nitrogen and oxygen atoms in total. The van der Waals surface area contributed by atoms with Crippen molar-refractivity contribution in [1.82, 2.24) is 5.32 Å². The first-order valence-electron chi connectivity index (χ1n) is 6.12. The van der Waals surface area contributed by atoms with Gasteiger partial charge in [0.2, 0.25) is 5.91 Å². The molecule has 0 bridgehead atoms. The van der Waals surface area contributed by atoms with Gasteiger partial charge in [-0.1, -0.05) is 12.1 Å². The number of piperazine rings is 1. The smallest absolute Gasteiger partial charge is 0.243 e. The summed E-state index contributed by atoms with van der Waals surface area (Å²) >= 11 is 0. The molecule has 94 valence electrons. The van der Waals surface area contributed by atoms with Gasteiger partial charge in [0.1, 0.15) is 6.04 Å². The van der Waals surface area contributed by atoms with Crippen molar-refractivity contribution in [2.45, 2.75) is 26.3 Å². The summed E-state index contributed by atoms with van der Waals surface area (Å²) in [6.07, 6.45) is 0.221. The number of nitriles is 1. The topological polar surface area (TPSA) is 56.1 Å². The van der Waals surface area contributed by atoms with Gasteiger partial charge in [0.05, 0.1) is 12.5 Å². The normalized spacial score (nSPS) is 19.3. The van der Waals surface area contributed by atoms with Crippen molar-refractivity contribution in [2.24, 2.45) is 0 Å². The van der Waals surface area contributed by atoms with Crippen molar-refractivity contribution in [1.29, 1.82) is 5.26 Å². The zero-order valence-corrected chi connectivity index (χ0v) is 10.7. The minimum Gasteiger partial charge on any atom is -0.357 e. The first-order chi connectivity index (χ1) is 8.63. The predicted molar refractivity (Wildman–Crippen MR) is 70.3 cm³/mol. The molecular weight excluding hydrogens is 226 g/mol. The molecule has 0 radical (unpaired) electrons. The monoisotopic (exact) mass is 243 g/mol. The van der Waals surface area contributed by atoms with Crippen LogP contribution in [0.3, 0.4) is 0 Å². The lowest BCUT2D eigenvalue weighted by atomic mass is 10.0. The summed E-state index contributed by atoms with van der Waals surface area (Å²) in [7, 11) is 0. The zero-order chi connectivity index (χ0) is 13.1. The largest absolute Gasteiger partial charge is 0.357 e. The Hall–Kier alpha value is -2.02. The Morgan fingerprint density at radius 1 is 1.50 bits per heavy atom. The molecule has 0 spiro atoms. The van der Waals surface area contributed by atoms with Crippen molar-refractivity contribution in [2.75, 3.05) is 18.0 Å². The molecule has 1 aliphatic rings. The average Bonchev–Trinajstić information content (AvgIpc) is 2.35. The van der Waals surface area contributed by atoms with Gasteiger partial charge in [0.25, 0.3) is 0 Å². The highest BCUT2D eigenvalue weighted by Crippen LogP contribution is 2.25. The number of benzene rings is 1. The summed E-state index contributed by atoms with van der Waals surface area (Å²) in [5, 5.41) is 11.7. The summed E-state index contributed by atoms with van der Waals surface area (Å²) in [6.45, 7) is 5.45. The van der Waals surface area contributed by atoms with E-state index in [0.29, 0.717) is 6.54 Å². The highest BCUT2D eigenvalue weighted by molar-refractivity contribution is 5.87. The summed E-state index contributed by atoms with van der Waals surface area (Å²) in [4.78, 5) is 13.9.